The smallest absolute Gasteiger partial charge is 0.179 e. The first-order valence-corrected chi connectivity index (χ1v) is 7.06. The van der Waals surface area contributed by atoms with E-state index in [9.17, 15) is 4.79 Å². The largest absolute Gasteiger partial charge is 0.496 e. The molecule has 3 nitrogen and oxygen atoms in total. The minimum Gasteiger partial charge on any atom is -0.496 e. The van der Waals surface area contributed by atoms with Crippen LogP contribution in [-0.2, 0) is 0 Å². The Labute approximate surface area is 115 Å². The molecule has 0 spiro atoms. The molecule has 0 aromatic heterocycles. The summed E-state index contributed by atoms with van der Waals surface area (Å²) >= 11 is 0. The molecule has 1 fully saturated rings. The number of rotatable bonds is 5. The standard InChI is InChI=1S/C16H23NO2/c1-11-10-13(8-9-15(11)19-3)16(18)12(2)17-14-6-4-5-7-14/h8-10,12,14,17H,4-7H2,1-3H3. The van der Waals surface area contributed by atoms with Crippen LogP contribution < -0.4 is 10.1 Å². The molecule has 2 rings (SSSR count). The molecule has 104 valence electrons. The fourth-order valence-electron chi connectivity index (χ4n) is 2.80. The second kappa shape index (κ2) is 6.20. The lowest BCUT2D eigenvalue weighted by molar-refractivity contribution is 0.0944. The maximum absolute atomic E-state index is 12.4. The van der Waals surface area contributed by atoms with Gasteiger partial charge in [-0.3, -0.25) is 4.79 Å². The third kappa shape index (κ3) is 3.35. The molecule has 1 aromatic carbocycles. The molecule has 1 aromatic rings. The van der Waals surface area contributed by atoms with Crippen molar-refractivity contribution < 1.29 is 9.53 Å². The minimum atomic E-state index is -0.115. The number of benzene rings is 1. The number of Topliss-reactive ketones (excluding diaryl/α,β-unsaturated/α-hetero) is 1. The van der Waals surface area contributed by atoms with Gasteiger partial charge in [-0.15, -0.1) is 0 Å². The molecule has 1 aliphatic rings. The quantitative estimate of drug-likeness (QED) is 0.828. The van der Waals surface area contributed by atoms with Crippen LogP contribution in [0.5, 0.6) is 5.75 Å². The van der Waals surface area contributed by atoms with Gasteiger partial charge in [-0.2, -0.15) is 0 Å². The van der Waals surface area contributed by atoms with Crippen molar-refractivity contribution in [2.24, 2.45) is 0 Å². The molecule has 0 radical (unpaired) electrons. The Morgan fingerprint density at radius 2 is 2.05 bits per heavy atom. The Kier molecular flexibility index (Phi) is 4.59. The van der Waals surface area contributed by atoms with Crippen LogP contribution in [0.3, 0.4) is 0 Å². The van der Waals surface area contributed by atoms with Gasteiger partial charge in [0.15, 0.2) is 5.78 Å². The molecular formula is C16H23NO2. The third-order valence-corrected chi connectivity index (χ3v) is 3.91. The fourth-order valence-corrected chi connectivity index (χ4v) is 2.80. The topological polar surface area (TPSA) is 38.3 Å². The summed E-state index contributed by atoms with van der Waals surface area (Å²) in [7, 11) is 1.65. The van der Waals surface area contributed by atoms with E-state index in [1.54, 1.807) is 7.11 Å². The van der Waals surface area contributed by atoms with E-state index >= 15 is 0 Å². The molecule has 1 saturated carbocycles. The molecule has 0 saturated heterocycles. The van der Waals surface area contributed by atoms with Crippen LogP contribution in [0.2, 0.25) is 0 Å². The predicted molar refractivity (Wildman–Crippen MR) is 76.9 cm³/mol. The molecule has 19 heavy (non-hydrogen) atoms. The molecular weight excluding hydrogens is 238 g/mol. The summed E-state index contributed by atoms with van der Waals surface area (Å²) in [5.74, 6) is 0.991. The number of ketones is 1. The number of hydrogen-bond acceptors (Lipinski definition) is 3. The predicted octanol–water partition coefficient (Wildman–Crippen LogP) is 3.11. The van der Waals surface area contributed by atoms with Crippen LogP contribution in [0.15, 0.2) is 18.2 Å². The van der Waals surface area contributed by atoms with Gasteiger partial charge in [0.05, 0.1) is 13.2 Å². The van der Waals surface area contributed by atoms with Crippen LogP contribution in [-0.4, -0.2) is 25.0 Å². The highest BCUT2D eigenvalue weighted by Crippen LogP contribution is 2.21. The highest BCUT2D eigenvalue weighted by Gasteiger charge is 2.21. The third-order valence-electron chi connectivity index (χ3n) is 3.91. The summed E-state index contributed by atoms with van der Waals surface area (Å²) in [6.07, 6.45) is 4.94. The zero-order valence-corrected chi connectivity index (χ0v) is 12.0. The molecule has 3 heteroatoms. The Hall–Kier alpha value is -1.35. The molecule has 0 aliphatic heterocycles. The lowest BCUT2D eigenvalue weighted by Crippen LogP contribution is -2.40. The summed E-state index contributed by atoms with van der Waals surface area (Å²) < 4.78 is 5.22. The van der Waals surface area contributed by atoms with Gasteiger partial charge in [-0.1, -0.05) is 12.8 Å². The van der Waals surface area contributed by atoms with Crippen molar-refractivity contribution in [3.63, 3.8) is 0 Å². The van der Waals surface area contributed by atoms with Crippen molar-refractivity contribution in [2.45, 2.75) is 51.6 Å². The van der Waals surface area contributed by atoms with Gasteiger partial charge in [-0.25, -0.2) is 0 Å². The number of ether oxygens (including phenoxy) is 1. The van der Waals surface area contributed by atoms with Crippen molar-refractivity contribution >= 4 is 5.78 Å². The van der Waals surface area contributed by atoms with E-state index < -0.39 is 0 Å². The number of carbonyl (C=O) groups excluding carboxylic acids is 1. The second-order valence-corrected chi connectivity index (χ2v) is 5.42. The lowest BCUT2D eigenvalue weighted by atomic mass is 10.0. The molecule has 1 unspecified atom stereocenters. The first-order chi connectivity index (χ1) is 9.11. The highest BCUT2D eigenvalue weighted by molar-refractivity contribution is 6.00. The van der Waals surface area contributed by atoms with E-state index in [-0.39, 0.29) is 11.8 Å². The van der Waals surface area contributed by atoms with Gasteiger partial charge in [-0.05, 0) is 50.5 Å². The number of aryl methyl sites for hydroxylation is 1. The second-order valence-electron chi connectivity index (χ2n) is 5.42. The SMILES string of the molecule is COc1ccc(C(=O)C(C)NC2CCCC2)cc1C. The average Bonchev–Trinajstić information content (AvgIpc) is 2.90. The zero-order valence-electron chi connectivity index (χ0n) is 12.0. The van der Waals surface area contributed by atoms with Gasteiger partial charge >= 0.3 is 0 Å². The Morgan fingerprint density at radius 1 is 1.37 bits per heavy atom. The Morgan fingerprint density at radius 3 is 2.63 bits per heavy atom. The monoisotopic (exact) mass is 261 g/mol. The van der Waals surface area contributed by atoms with Crippen LogP contribution >= 0.6 is 0 Å². The van der Waals surface area contributed by atoms with E-state index in [4.69, 9.17) is 4.74 Å². The van der Waals surface area contributed by atoms with Gasteiger partial charge in [0.1, 0.15) is 5.75 Å². The number of hydrogen-bond donors (Lipinski definition) is 1. The fraction of sp³-hybridized carbons (Fsp3) is 0.562. The van der Waals surface area contributed by atoms with E-state index in [1.165, 1.54) is 25.7 Å². The van der Waals surface area contributed by atoms with Gasteiger partial charge in [0, 0.05) is 11.6 Å². The van der Waals surface area contributed by atoms with Gasteiger partial charge in [0.25, 0.3) is 0 Å². The number of carbonyl (C=O) groups is 1. The van der Waals surface area contributed by atoms with E-state index in [1.807, 2.05) is 32.0 Å². The first-order valence-electron chi connectivity index (χ1n) is 7.06. The van der Waals surface area contributed by atoms with Crippen molar-refractivity contribution in [2.75, 3.05) is 7.11 Å². The number of nitrogens with one attached hydrogen (secondary N) is 1. The van der Waals surface area contributed by atoms with Crippen molar-refractivity contribution in [3.8, 4) is 5.75 Å². The molecule has 1 N–H and O–H groups in total. The van der Waals surface area contributed by atoms with Crippen LogP contribution in [0.25, 0.3) is 0 Å². The highest BCUT2D eigenvalue weighted by atomic mass is 16.5. The summed E-state index contributed by atoms with van der Waals surface area (Å²) in [5, 5.41) is 3.44. The van der Waals surface area contributed by atoms with E-state index in [0.29, 0.717) is 6.04 Å². The maximum Gasteiger partial charge on any atom is 0.179 e. The minimum absolute atomic E-state index is 0.115. The molecule has 0 amide bonds. The summed E-state index contributed by atoms with van der Waals surface area (Å²) in [6, 6.07) is 6.02. The Balaban J connectivity index is 2.03. The summed E-state index contributed by atoms with van der Waals surface area (Å²) in [6.45, 7) is 3.92. The molecule has 0 bridgehead atoms. The summed E-state index contributed by atoms with van der Waals surface area (Å²) in [4.78, 5) is 12.4. The molecule has 1 aliphatic carbocycles. The van der Waals surface area contributed by atoms with Crippen molar-refractivity contribution in [1.29, 1.82) is 0 Å². The van der Waals surface area contributed by atoms with Crippen molar-refractivity contribution in [1.82, 2.24) is 5.32 Å². The first kappa shape index (κ1) is 14.1. The zero-order chi connectivity index (χ0) is 13.8. The average molecular weight is 261 g/mol. The van der Waals surface area contributed by atoms with E-state index in [0.717, 1.165) is 16.9 Å². The Bertz CT molecular complexity index is 450. The van der Waals surface area contributed by atoms with E-state index in [2.05, 4.69) is 5.32 Å². The number of methoxy groups -OCH3 is 1. The lowest BCUT2D eigenvalue weighted by Gasteiger charge is -2.18. The van der Waals surface area contributed by atoms with Crippen molar-refractivity contribution in [3.05, 3.63) is 29.3 Å². The van der Waals surface area contributed by atoms with Crippen LogP contribution in [0.1, 0.15) is 48.5 Å². The van der Waals surface area contributed by atoms with Crippen LogP contribution in [0.4, 0.5) is 0 Å². The molecule has 0 heterocycles. The van der Waals surface area contributed by atoms with Crippen LogP contribution in [0, 0.1) is 6.92 Å². The normalized spacial score (nSPS) is 17.4. The maximum atomic E-state index is 12.4. The van der Waals surface area contributed by atoms with Gasteiger partial charge in [0.2, 0.25) is 0 Å². The summed E-state index contributed by atoms with van der Waals surface area (Å²) in [5.41, 5.74) is 1.76. The van der Waals surface area contributed by atoms with Gasteiger partial charge < -0.3 is 10.1 Å². The molecule has 1 atom stereocenters.